The van der Waals surface area contributed by atoms with Gasteiger partial charge in [-0.05, 0) is 24.5 Å². The second-order valence-electron chi connectivity index (χ2n) is 5.98. The summed E-state index contributed by atoms with van der Waals surface area (Å²) in [6.07, 6.45) is 3.55. The van der Waals surface area contributed by atoms with E-state index in [-0.39, 0.29) is 18.0 Å². The Morgan fingerprint density at radius 1 is 1.38 bits per heavy atom. The van der Waals surface area contributed by atoms with Gasteiger partial charge in [0.25, 0.3) is 0 Å². The van der Waals surface area contributed by atoms with Gasteiger partial charge >= 0.3 is 6.03 Å². The van der Waals surface area contributed by atoms with Crippen LogP contribution in [0.25, 0.3) is 0 Å². The van der Waals surface area contributed by atoms with Gasteiger partial charge in [0.15, 0.2) is 5.82 Å². The Balaban J connectivity index is 2.01. The highest BCUT2D eigenvalue weighted by molar-refractivity contribution is 5.88. The summed E-state index contributed by atoms with van der Waals surface area (Å²) in [4.78, 5) is 16.7. The van der Waals surface area contributed by atoms with Crippen LogP contribution in [0.3, 0.4) is 0 Å². The fraction of sp³-hybridized carbons (Fsp3) is 0.471. The number of hydrogen-bond donors (Lipinski definition) is 2. The van der Waals surface area contributed by atoms with Gasteiger partial charge in [-0.2, -0.15) is 5.10 Å². The smallest absolute Gasteiger partial charge is 0.320 e. The van der Waals surface area contributed by atoms with Crippen LogP contribution in [-0.2, 0) is 11.3 Å². The van der Waals surface area contributed by atoms with Crippen LogP contribution >= 0.6 is 0 Å². The number of ether oxygens (including phenoxy) is 1. The van der Waals surface area contributed by atoms with Gasteiger partial charge in [0, 0.05) is 25.6 Å². The van der Waals surface area contributed by atoms with Crippen molar-refractivity contribution < 1.29 is 9.53 Å². The molecule has 2 amide bonds. The van der Waals surface area contributed by atoms with Crippen molar-refractivity contribution in [2.45, 2.75) is 33.4 Å². The second kappa shape index (κ2) is 8.44. The molecule has 0 saturated heterocycles. The predicted molar refractivity (Wildman–Crippen MR) is 92.8 cm³/mol. The average Bonchev–Trinajstić information content (AvgIpc) is 2.98. The molecule has 0 bridgehead atoms. The molecule has 1 atom stereocenters. The number of rotatable bonds is 7. The second-order valence-corrected chi connectivity index (χ2v) is 5.98. The maximum absolute atomic E-state index is 12.3. The van der Waals surface area contributed by atoms with Crippen molar-refractivity contribution in [3.8, 4) is 0 Å². The van der Waals surface area contributed by atoms with Crippen molar-refractivity contribution in [3.05, 3.63) is 41.9 Å². The number of aromatic nitrogens is 3. The van der Waals surface area contributed by atoms with Crippen LogP contribution in [0.15, 0.2) is 30.6 Å². The number of aryl methyl sites for hydroxylation is 1. The molecular weight excluding hydrogens is 306 g/mol. The zero-order chi connectivity index (χ0) is 17.5. The van der Waals surface area contributed by atoms with Crippen molar-refractivity contribution in [2.24, 2.45) is 5.92 Å². The molecule has 0 saturated carbocycles. The molecule has 2 aromatic rings. The standard InChI is InChI=1S/C17H25N5O2/c1-12(2)15(16-13(3)6-5-8-18-16)20-17(23)19-14-7-9-22(21-14)10-11-24-4/h5-9,12,15H,10-11H2,1-4H3,(H2,19,20,21,23)/t15-/m0/s1. The van der Waals surface area contributed by atoms with Crippen molar-refractivity contribution >= 4 is 11.8 Å². The summed E-state index contributed by atoms with van der Waals surface area (Å²) in [6, 6.07) is 5.18. The molecule has 0 radical (unpaired) electrons. The Labute approximate surface area is 142 Å². The van der Waals surface area contributed by atoms with Gasteiger partial charge in [-0.1, -0.05) is 19.9 Å². The molecule has 0 aromatic carbocycles. The Bertz CT molecular complexity index is 669. The number of anilines is 1. The Morgan fingerprint density at radius 3 is 2.83 bits per heavy atom. The lowest BCUT2D eigenvalue weighted by atomic mass is 9.97. The molecule has 0 spiro atoms. The minimum Gasteiger partial charge on any atom is -0.383 e. The lowest BCUT2D eigenvalue weighted by Gasteiger charge is -2.23. The first-order valence-electron chi connectivity index (χ1n) is 8.02. The summed E-state index contributed by atoms with van der Waals surface area (Å²) in [5.41, 5.74) is 1.94. The molecule has 2 N–H and O–H groups in total. The minimum absolute atomic E-state index is 0.165. The van der Waals surface area contributed by atoms with Crippen molar-refractivity contribution in [1.82, 2.24) is 20.1 Å². The topological polar surface area (TPSA) is 81.1 Å². The molecular formula is C17H25N5O2. The highest BCUT2D eigenvalue weighted by Gasteiger charge is 2.21. The van der Waals surface area contributed by atoms with E-state index in [1.807, 2.05) is 19.1 Å². The SMILES string of the molecule is COCCn1ccc(NC(=O)N[C@H](c2ncccc2C)C(C)C)n1. The van der Waals surface area contributed by atoms with Gasteiger partial charge < -0.3 is 10.1 Å². The van der Waals surface area contributed by atoms with E-state index in [0.29, 0.717) is 19.0 Å². The number of methoxy groups -OCH3 is 1. The molecule has 0 aliphatic rings. The van der Waals surface area contributed by atoms with Gasteiger partial charge in [0.2, 0.25) is 0 Å². The van der Waals surface area contributed by atoms with Crippen molar-refractivity contribution in [1.29, 1.82) is 0 Å². The Hall–Kier alpha value is -2.41. The van der Waals surface area contributed by atoms with Gasteiger partial charge in [0.1, 0.15) is 0 Å². The molecule has 7 heteroatoms. The molecule has 2 heterocycles. The third-order valence-corrected chi connectivity index (χ3v) is 3.70. The van der Waals surface area contributed by atoms with E-state index < -0.39 is 0 Å². The number of hydrogen-bond acceptors (Lipinski definition) is 4. The van der Waals surface area contributed by atoms with Crippen molar-refractivity contribution in [2.75, 3.05) is 19.0 Å². The highest BCUT2D eigenvalue weighted by Crippen LogP contribution is 2.22. The van der Waals surface area contributed by atoms with E-state index >= 15 is 0 Å². The van der Waals surface area contributed by atoms with E-state index in [0.717, 1.165) is 11.3 Å². The quantitative estimate of drug-likeness (QED) is 0.817. The van der Waals surface area contributed by atoms with E-state index in [9.17, 15) is 4.79 Å². The van der Waals surface area contributed by atoms with Gasteiger partial charge in [-0.15, -0.1) is 0 Å². The van der Waals surface area contributed by atoms with Crippen LogP contribution < -0.4 is 10.6 Å². The molecule has 130 valence electrons. The number of pyridine rings is 1. The maximum atomic E-state index is 12.3. The first kappa shape index (κ1) is 17.9. The maximum Gasteiger partial charge on any atom is 0.320 e. The highest BCUT2D eigenvalue weighted by atomic mass is 16.5. The van der Waals surface area contributed by atoms with Gasteiger partial charge in [0.05, 0.1) is 24.9 Å². The number of urea groups is 1. The number of carbonyl (C=O) groups excluding carboxylic acids is 1. The summed E-state index contributed by atoms with van der Waals surface area (Å²) in [7, 11) is 1.64. The van der Waals surface area contributed by atoms with Crippen LogP contribution in [0.1, 0.15) is 31.1 Å². The average molecular weight is 331 g/mol. The monoisotopic (exact) mass is 331 g/mol. The van der Waals surface area contributed by atoms with Crippen molar-refractivity contribution in [3.63, 3.8) is 0 Å². The summed E-state index contributed by atoms with van der Waals surface area (Å²) in [5, 5.41) is 10.0. The van der Waals surface area contributed by atoms with Crippen LogP contribution in [0.5, 0.6) is 0 Å². The molecule has 0 unspecified atom stereocenters. The first-order chi connectivity index (χ1) is 11.5. The van der Waals surface area contributed by atoms with Gasteiger partial charge in [-0.3, -0.25) is 15.0 Å². The fourth-order valence-corrected chi connectivity index (χ4v) is 2.41. The summed E-state index contributed by atoms with van der Waals surface area (Å²) < 4.78 is 6.73. The van der Waals surface area contributed by atoms with E-state index in [2.05, 4.69) is 34.6 Å². The molecule has 0 fully saturated rings. The number of carbonyl (C=O) groups is 1. The molecule has 24 heavy (non-hydrogen) atoms. The van der Waals surface area contributed by atoms with Crippen LogP contribution in [0, 0.1) is 12.8 Å². The fourth-order valence-electron chi connectivity index (χ4n) is 2.41. The minimum atomic E-state index is -0.296. The molecule has 0 aliphatic heterocycles. The summed E-state index contributed by atoms with van der Waals surface area (Å²) in [5.74, 6) is 0.715. The number of nitrogens with one attached hydrogen (secondary N) is 2. The lowest BCUT2D eigenvalue weighted by molar-refractivity contribution is 0.183. The predicted octanol–water partition coefficient (Wildman–Crippen LogP) is 2.75. The summed E-state index contributed by atoms with van der Waals surface area (Å²) >= 11 is 0. The Kier molecular flexibility index (Phi) is 6.31. The summed E-state index contributed by atoms with van der Waals surface area (Å²) in [6.45, 7) is 7.31. The van der Waals surface area contributed by atoms with E-state index in [1.54, 1.807) is 30.3 Å². The molecule has 0 aliphatic carbocycles. The zero-order valence-corrected chi connectivity index (χ0v) is 14.6. The molecule has 7 nitrogen and oxygen atoms in total. The van der Waals surface area contributed by atoms with Crippen LogP contribution in [0.4, 0.5) is 10.6 Å². The zero-order valence-electron chi connectivity index (χ0n) is 14.6. The first-order valence-corrected chi connectivity index (χ1v) is 8.02. The number of nitrogens with zero attached hydrogens (tertiary/aromatic N) is 3. The van der Waals surface area contributed by atoms with Gasteiger partial charge in [-0.25, -0.2) is 4.79 Å². The Morgan fingerprint density at radius 2 is 2.17 bits per heavy atom. The molecule has 2 aromatic heterocycles. The largest absolute Gasteiger partial charge is 0.383 e. The van der Waals surface area contributed by atoms with Crippen LogP contribution in [-0.4, -0.2) is 34.5 Å². The third kappa shape index (κ3) is 4.79. The molecule has 2 rings (SSSR count). The number of amides is 2. The normalized spacial score (nSPS) is 12.2. The van der Waals surface area contributed by atoms with E-state index in [4.69, 9.17) is 4.74 Å². The lowest BCUT2D eigenvalue weighted by Crippen LogP contribution is -2.36. The third-order valence-electron chi connectivity index (χ3n) is 3.70. The van der Waals surface area contributed by atoms with E-state index in [1.165, 1.54) is 0 Å². The van der Waals surface area contributed by atoms with Crippen LogP contribution in [0.2, 0.25) is 0 Å².